The number of rotatable bonds is 1. The van der Waals surface area contributed by atoms with Crippen LogP contribution < -0.4 is 0 Å². The van der Waals surface area contributed by atoms with Gasteiger partial charge in [-0.05, 0) is 30.3 Å². The van der Waals surface area contributed by atoms with Gasteiger partial charge in [0, 0.05) is 10.0 Å². The van der Waals surface area contributed by atoms with Crippen LogP contribution in [0.1, 0.15) is 0 Å². The van der Waals surface area contributed by atoms with Crippen LogP contribution in [-0.2, 0) is 0 Å². The van der Waals surface area contributed by atoms with Crippen molar-refractivity contribution in [3.63, 3.8) is 0 Å². The van der Waals surface area contributed by atoms with Crippen molar-refractivity contribution in [3.05, 3.63) is 46.9 Å². The minimum atomic E-state index is 0.203. The maximum atomic E-state index is 9.51. The molecule has 1 aromatic heterocycles. The Bertz CT molecular complexity index is 691. The molecule has 0 amide bonds. The van der Waals surface area contributed by atoms with Crippen LogP contribution in [0.3, 0.4) is 0 Å². The average molecular weight is 290 g/mol. The van der Waals surface area contributed by atoms with Crippen molar-refractivity contribution in [1.29, 1.82) is 0 Å². The fourth-order valence-corrected chi connectivity index (χ4v) is 2.23. The molecule has 0 fully saturated rings. The number of hydrogen-bond acceptors (Lipinski definition) is 3. The number of halogens is 1. The Balaban J connectivity index is 2.31. The highest BCUT2D eigenvalue weighted by molar-refractivity contribution is 9.10. The first-order chi connectivity index (χ1) is 8.25. The molecule has 0 aliphatic rings. The highest BCUT2D eigenvalue weighted by Gasteiger charge is 2.13. The summed E-state index contributed by atoms with van der Waals surface area (Å²) in [5, 5.41) is 14.3. The zero-order valence-corrected chi connectivity index (χ0v) is 10.3. The molecule has 0 radical (unpaired) electrons. The number of benzene rings is 2. The third-order valence-electron chi connectivity index (χ3n) is 2.58. The molecule has 4 heteroatoms. The normalized spacial score (nSPS) is 10.9. The lowest BCUT2D eigenvalue weighted by Gasteiger charge is -1.99. The molecule has 0 aliphatic carbocycles. The zero-order valence-electron chi connectivity index (χ0n) is 8.72. The lowest BCUT2D eigenvalue weighted by molar-refractivity contribution is 0.440. The number of fused-ring (bicyclic) bond motifs is 1. The third kappa shape index (κ3) is 1.70. The zero-order chi connectivity index (χ0) is 11.8. The molecule has 0 saturated carbocycles. The van der Waals surface area contributed by atoms with Gasteiger partial charge in [-0.25, -0.2) is 0 Å². The first-order valence-corrected chi connectivity index (χ1v) is 5.88. The second-order valence-corrected chi connectivity index (χ2v) is 4.55. The summed E-state index contributed by atoms with van der Waals surface area (Å²) in [6, 6.07) is 12.7. The van der Waals surface area contributed by atoms with E-state index in [1.54, 1.807) is 18.2 Å². The number of aromatic nitrogens is 1. The maximum absolute atomic E-state index is 9.51. The number of phenolic OH excluding ortho intramolecular Hbond substituents is 1. The topological polar surface area (TPSA) is 46.3 Å². The van der Waals surface area contributed by atoms with E-state index in [0.29, 0.717) is 5.76 Å². The molecular formula is C13H8BrNO2. The summed E-state index contributed by atoms with van der Waals surface area (Å²) in [4.78, 5) is 0. The number of aromatic hydroxyl groups is 1. The third-order valence-corrected chi connectivity index (χ3v) is 3.27. The van der Waals surface area contributed by atoms with Crippen LogP contribution in [0.25, 0.3) is 22.2 Å². The van der Waals surface area contributed by atoms with Crippen molar-refractivity contribution in [2.45, 2.75) is 0 Å². The van der Waals surface area contributed by atoms with Crippen LogP contribution in [0.4, 0.5) is 0 Å². The van der Waals surface area contributed by atoms with Gasteiger partial charge in [-0.1, -0.05) is 33.2 Å². The lowest BCUT2D eigenvalue weighted by Crippen LogP contribution is -1.77. The van der Waals surface area contributed by atoms with Gasteiger partial charge >= 0.3 is 0 Å². The van der Waals surface area contributed by atoms with E-state index >= 15 is 0 Å². The van der Waals surface area contributed by atoms with Gasteiger partial charge in [0.2, 0.25) is 0 Å². The van der Waals surface area contributed by atoms with Crippen molar-refractivity contribution in [2.75, 3.05) is 0 Å². The maximum Gasteiger partial charge on any atom is 0.175 e. The lowest BCUT2D eigenvalue weighted by atomic mass is 10.1. The molecule has 0 unspecified atom stereocenters. The Morgan fingerprint density at radius 2 is 1.94 bits per heavy atom. The van der Waals surface area contributed by atoms with Crippen LogP contribution in [0.15, 0.2) is 51.5 Å². The Labute approximate surface area is 106 Å². The fraction of sp³-hybridized carbons (Fsp3) is 0. The molecule has 17 heavy (non-hydrogen) atoms. The van der Waals surface area contributed by atoms with Gasteiger partial charge in [-0.3, -0.25) is 0 Å². The molecule has 3 aromatic rings. The Hall–Kier alpha value is -1.81. The van der Waals surface area contributed by atoms with Gasteiger partial charge in [0.1, 0.15) is 11.3 Å². The van der Waals surface area contributed by atoms with Gasteiger partial charge in [0.25, 0.3) is 0 Å². The standard InChI is InChI=1S/C13H8BrNO2/c14-11-4-2-1-3-9(11)13-10-7-8(16)5-6-12(10)15-17-13/h1-7,16H. The van der Waals surface area contributed by atoms with Gasteiger partial charge in [-0.15, -0.1) is 0 Å². The van der Waals surface area contributed by atoms with Crippen molar-refractivity contribution in [3.8, 4) is 17.1 Å². The van der Waals surface area contributed by atoms with E-state index in [9.17, 15) is 5.11 Å². The summed E-state index contributed by atoms with van der Waals surface area (Å²) < 4.78 is 6.28. The van der Waals surface area contributed by atoms with E-state index in [1.807, 2.05) is 24.3 Å². The predicted octanol–water partition coefficient (Wildman–Crippen LogP) is 3.96. The molecule has 3 nitrogen and oxygen atoms in total. The summed E-state index contributed by atoms with van der Waals surface area (Å²) in [5.74, 6) is 0.859. The minimum Gasteiger partial charge on any atom is -0.508 e. The van der Waals surface area contributed by atoms with E-state index in [1.165, 1.54) is 0 Å². The van der Waals surface area contributed by atoms with Crippen LogP contribution in [0.2, 0.25) is 0 Å². The first kappa shape index (κ1) is 10.4. The fourth-order valence-electron chi connectivity index (χ4n) is 1.77. The molecule has 0 spiro atoms. The SMILES string of the molecule is Oc1ccc2noc(-c3ccccc3Br)c2c1. The van der Waals surface area contributed by atoms with Crippen molar-refractivity contribution >= 4 is 26.8 Å². The predicted molar refractivity (Wildman–Crippen MR) is 68.8 cm³/mol. The molecule has 0 saturated heterocycles. The van der Waals surface area contributed by atoms with Gasteiger partial charge in [-0.2, -0.15) is 0 Å². The molecule has 3 rings (SSSR count). The monoisotopic (exact) mass is 289 g/mol. The van der Waals surface area contributed by atoms with E-state index in [2.05, 4.69) is 21.1 Å². The van der Waals surface area contributed by atoms with Crippen LogP contribution in [0.5, 0.6) is 5.75 Å². The second kappa shape index (κ2) is 3.89. The van der Waals surface area contributed by atoms with Crippen LogP contribution in [-0.4, -0.2) is 10.3 Å². The minimum absolute atomic E-state index is 0.203. The summed E-state index contributed by atoms with van der Waals surface area (Å²) >= 11 is 3.47. The van der Waals surface area contributed by atoms with E-state index in [4.69, 9.17) is 4.52 Å². The van der Waals surface area contributed by atoms with Gasteiger partial charge in [0.05, 0.1) is 5.39 Å². The van der Waals surface area contributed by atoms with E-state index in [0.717, 1.165) is 20.9 Å². The second-order valence-electron chi connectivity index (χ2n) is 3.69. The Morgan fingerprint density at radius 3 is 2.76 bits per heavy atom. The van der Waals surface area contributed by atoms with E-state index in [-0.39, 0.29) is 5.75 Å². The highest BCUT2D eigenvalue weighted by atomic mass is 79.9. The quantitative estimate of drug-likeness (QED) is 0.737. The molecule has 0 atom stereocenters. The Kier molecular flexibility index (Phi) is 2.37. The van der Waals surface area contributed by atoms with E-state index < -0.39 is 0 Å². The smallest absolute Gasteiger partial charge is 0.175 e. The highest BCUT2D eigenvalue weighted by Crippen LogP contribution is 2.34. The van der Waals surface area contributed by atoms with Crippen molar-refractivity contribution in [1.82, 2.24) is 5.16 Å². The number of nitrogens with zero attached hydrogens (tertiary/aromatic N) is 1. The van der Waals surface area contributed by atoms with Gasteiger partial charge in [0.15, 0.2) is 5.76 Å². The summed E-state index contributed by atoms with van der Waals surface area (Å²) in [7, 11) is 0. The Morgan fingerprint density at radius 1 is 1.12 bits per heavy atom. The molecule has 2 aromatic carbocycles. The van der Waals surface area contributed by atoms with Gasteiger partial charge < -0.3 is 9.63 Å². The van der Waals surface area contributed by atoms with Crippen LogP contribution in [0, 0.1) is 0 Å². The van der Waals surface area contributed by atoms with Crippen LogP contribution >= 0.6 is 15.9 Å². The molecule has 0 bridgehead atoms. The molecular weight excluding hydrogens is 282 g/mol. The average Bonchev–Trinajstić information content (AvgIpc) is 2.72. The molecule has 0 aliphatic heterocycles. The summed E-state index contributed by atoms with van der Waals surface area (Å²) in [5.41, 5.74) is 1.65. The van der Waals surface area contributed by atoms with Crippen molar-refractivity contribution in [2.24, 2.45) is 0 Å². The first-order valence-electron chi connectivity index (χ1n) is 5.09. The molecule has 1 N–H and O–H groups in total. The largest absolute Gasteiger partial charge is 0.508 e. The number of hydrogen-bond donors (Lipinski definition) is 1. The summed E-state index contributed by atoms with van der Waals surface area (Å²) in [6.45, 7) is 0. The number of phenols is 1. The molecule has 84 valence electrons. The summed E-state index contributed by atoms with van der Waals surface area (Å²) in [6.07, 6.45) is 0. The molecule has 1 heterocycles. The van der Waals surface area contributed by atoms with Crippen molar-refractivity contribution < 1.29 is 9.63 Å².